The third kappa shape index (κ3) is 3.94. The van der Waals surface area contributed by atoms with Crippen molar-refractivity contribution in [1.29, 1.82) is 0 Å². The van der Waals surface area contributed by atoms with Crippen molar-refractivity contribution in [2.45, 2.75) is 32.4 Å². The fraction of sp³-hybridized carbons (Fsp3) is 0.348. The molecule has 1 aliphatic rings. The van der Waals surface area contributed by atoms with E-state index < -0.39 is 0 Å². The summed E-state index contributed by atoms with van der Waals surface area (Å²) < 4.78 is 2.58. The number of hydrogen-bond acceptors (Lipinski definition) is 6. The highest BCUT2D eigenvalue weighted by Crippen LogP contribution is 2.34. The zero-order valence-electron chi connectivity index (χ0n) is 17.4. The van der Waals surface area contributed by atoms with Crippen molar-refractivity contribution in [3.63, 3.8) is 0 Å². The Balaban J connectivity index is 1.48. The number of aryl methyl sites for hydroxylation is 1. The van der Waals surface area contributed by atoms with E-state index in [0.717, 1.165) is 41.0 Å². The van der Waals surface area contributed by atoms with Gasteiger partial charge in [-0.3, -0.25) is 14.4 Å². The number of rotatable bonds is 6. The zero-order valence-corrected chi connectivity index (χ0v) is 18.2. The van der Waals surface area contributed by atoms with Gasteiger partial charge in [-0.1, -0.05) is 30.3 Å². The number of likely N-dealkylation sites (tertiary alicyclic amines) is 1. The molecule has 0 spiro atoms. The minimum absolute atomic E-state index is 0.0583. The molecule has 1 unspecified atom stereocenters. The fourth-order valence-corrected chi connectivity index (χ4v) is 5.45. The molecule has 31 heavy (non-hydrogen) atoms. The summed E-state index contributed by atoms with van der Waals surface area (Å²) in [4.78, 5) is 23.8. The Morgan fingerprint density at radius 3 is 2.94 bits per heavy atom. The highest BCUT2D eigenvalue weighted by atomic mass is 32.1. The van der Waals surface area contributed by atoms with Crippen LogP contribution in [0.2, 0.25) is 0 Å². The Morgan fingerprint density at radius 1 is 1.29 bits per heavy atom. The summed E-state index contributed by atoms with van der Waals surface area (Å²) in [7, 11) is 0. The molecule has 1 fully saturated rings. The first-order valence-electron chi connectivity index (χ1n) is 10.6. The number of aliphatic hydroxyl groups is 1. The lowest BCUT2D eigenvalue weighted by atomic mass is 10.2. The summed E-state index contributed by atoms with van der Waals surface area (Å²) in [6.45, 7) is 4.33. The number of aromatic nitrogens is 4. The molecule has 1 atom stereocenters. The molecule has 4 heterocycles. The predicted octanol–water partition coefficient (Wildman–Crippen LogP) is 3.33. The van der Waals surface area contributed by atoms with E-state index in [1.54, 1.807) is 0 Å². The largest absolute Gasteiger partial charge is 0.395 e. The van der Waals surface area contributed by atoms with Gasteiger partial charge in [-0.15, -0.1) is 11.3 Å². The van der Waals surface area contributed by atoms with Crippen molar-refractivity contribution in [1.82, 2.24) is 24.6 Å². The van der Waals surface area contributed by atoms with Crippen molar-refractivity contribution in [2.75, 3.05) is 19.7 Å². The van der Waals surface area contributed by atoms with Crippen molar-refractivity contribution in [3.05, 3.63) is 70.0 Å². The molecule has 0 saturated carbocycles. The summed E-state index contributed by atoms with van der Waals surface area (Å²) in [5.74, 6) is 0.698. The molecule has 4 aromatic rings. The Hall–Kier alpha value is -2.81. The number of thiophene rings is 1. The highest BCUT2D eigenvalue weighted by Gasteiger charge is 2.28. The molecule has 8 heteroatoms. The first kappa shape index (κ1) is 20.1. The van der Waals surface area contributed by atoms with E-state index in [9.17, 15) is 9.90 Å². The number of aromatic amines is 1. The molecule has 0 amide bonds. The first-order chi connectivity index (χ1) is 15.1. The molecular formula is C23H25N5O2S. The molecule has 1 aromatic carbocycles. The smallest absolute Gasteiger partial charge is 0.268 e. The van der Waals surface area contributed by atoms with Crippen LogP contribution in [0, 0.1) is 6.92 Å². The van der Waals surface area contributed by atoms with E-state index in [1.807, 2.05) is 42.1 Å². The van der Waals surface area contributed by atoms with Crippen LogP contribution in [0.15, 0.2) is 47.4 Å². The maximum atomic E-state index is 12.8. The van der Waals surface area contributed by atoms with Crippen LogP contribution in [0.3, 0.4) is 0 Å². The number of hydrogen-bond donors (Lipinski definition) is 2. The van der Waals surface area contributed by atoms with Crippen LogP contribution in [-0.2, 0) is 6.54 Å². The normalized spacial score (nSPS) is 17.0. The van der Waals surface area contributed by atoms with Gasteiger partial charge in [0.25, 0.3) is 5.56 Å². The number of fused-ring (bicyclic) bond motifs is 1. The van der Waals surface area contributed by atoms with Gasteiger partial charge in [-0.05, 0) is 37.9 Å². The van der Waals surface area contributed by atoms with Crippen LogP contribution in [0.4, 0.5) is 0 Å². The third-order valence-corrected chi connectivity index (χ3v) is 7.02. The zero-order chi connectivity index (χ0) is 21.4. The molecule has 1 saturated heterocycles. The molecule has 5 rings (SSSR count). The Morgan fingerprint density at radius 2 is 2.13 bits per heavy atom. The van der Waals surface area contributed by atoms with E-state index in [0.29, 0.717) is 23.6 Å². The lowest BCUT2D eigenvalue weighted by Crippen LogP contribution is -2.28. The fourth-order valence-electron chi connectivity index (χ4n) is 4.39. The minimum Gasteiger partial charge on any atom is -0.395 e. The van der Waals surface area contributed by atoms with Gasteiger partial charge in [0.2, 0.25) is 0 Å². The molecule has 160 valence electrons. The number of aliphatic hydroxyl groups excluding tert-OH is 1. The van der Waals surface area contributed by atoms with Crippen LogP contribution in [0.25, 0.3) is 20.7 Å². The lowest BCUT2D eigenvalue weighted by molar-refractivity contribution is 0.181. The minimum atomic E-state index is -0.0959. The van der Waals surface area contributed by atoms with Crippen molar-refractivity contribution >= 4 is 21.6 Å². The molecule has 0 aliphatic carbocycles. The second-order valence-electron chi connectivity index (χ2n) is 8.01. The second kappa shape index (κ2) is 8.37. The molecule has 1 aliphatic heterocycles. The number of H-pyrrole nitrogens is 1. The summed E-state index contributed by atoms with van der Waals surface area (Å²) in [6, 6.07) is 12.3. The van der Waals surface area contributed by atoms with Crippen LogP contribution in [-0.4, -0.2) is 49.5 Å². The Kier molecular flexibility index (Phi) is 5.43. The SMILES string of the molecule is Cc1nn(Cc2ccccc2)cc1-c1cc2nc(C3CCCN3CCO)[nH]c(=O)c2s1. The summed E-state index contributed by atoms with van der Waals surface area (Å²) in [5, 5.41) is 14.0. The van der Waals surface area contributed by atoms with Gasteiger partial charge in [-0.25, -0.2) is 4.98 Å². The van der Waals surface area contributed by atoms with Gasteiger partial charge in [0.05, 0.1) is 30.4 Å². The maximum Gasteiger partial charge on any atom is 0.268 e. The monoisotopic (exact) mass is 435 g/mol. The van der Waals surface area contributed by atoms with Gasteiger partial charge in [0.1, 0.15) is 10.5 Å². The van der Waals surface area contributed by atoms with Crippen LogP contribution in [0.5, 0.6) is 0 Å². The molecular weight excluding hydrogens is 410 g/mol. The summed E-state index contributed by atoms with van der Waals surface area (Å²) in [6.07, 6.45) is 4.03. The van der Waals surface area contributed by atoms with Crippen LogP contribution >= 0.6 is 11.3 Å². The van der Waals surface area contributed by atoms with Gasteiger partial charge in [-0.2, -0.15) is 5.10 Å². The highest BCUT2D eigenvalue weighted by molar-refractivity contribution is 7.22. The van der Waals surface area contributed by atoms with E-state index >= 15 is 0 Å². The summed E-state index contributed by atoms with van der Waals surface area (Å²) >= 11 is 1.46. The van der Waals surface area contributed by atoms with E-state index in [4.69, 9.17) is 4.98 Å². The number of β-amino-alcohol motifs (C(OH)–C–C–N with tert-alkyl or cyclic N) is 1. The van der Waals surface area contributed by atoms with Crippen LogP contribution < -0.4 is 5.56 Å². The number of nitrogens with one attached hydrogen (secondary N) is 1. The molecule has 0 bridgehead atoms. The summed E-state index contributed by atoms with van der Waals surface area (Å²) in [5.41, 5.74) is 3.79. The second-order valence-corrected chi connectivity index (χ2v) is 9.06. The van der Waals surface area contributed by atoms with Crippen LogP contribution in [0.1, 0.15) is 36.0 Å². The topological polar surface area (TPSA) is 87.0 Å². The lowest BCUT2D eigenvalue weighted by Gasteiger charge is -2.22. The molecule has 3 aromatic heterocycles. The van der Waals surface area contributed by atoms with E-state index in [1.165, 1.54) is 16.9 Å². The average Bonchev–Trinajstić information content (AvgIpc) is 3.47. The number of benzene rings is 1. The molecule has 0 radical (unpaired) electrons. The van der Waals surface area contributed by atoms with Gasteiger partial charge >= 0.3 is 0 Å². The Labute approximate surface area is 184 Å². The van der Waals surface area contributed by atoms with Gasteiger partial charge in [0.15, 0.2) is 0 Å². The van der Waals surface area contributed by atoms with Gasteiger partial charge < -0.3 is 10.1 Å². The third-order valence-electron chi connectivity index (χ3n) is 5.87. The van der Waals surface area contributed by atoms with E-state index in [-0.39, 0.29) is 18.2 Å². The number of nitrogens with zero attached hydrogens (tertiary/aromatic N) is 4. The molecule has 2 N–H and O–H groups in total. The molecule has 7 nitrogen and oxygen atoms in total. The first-order valence-corrected chi connectivity index (χ1v) is 11.4. The van der Waals surface area contributed by atoms with Crippen molar-refractivity contribution in [3.8, 4) is 10.4 Å². The quantitative estimate of drug-likeness (QED) is 0.485. The predicted molar refractivity (Wildman–Crippen MR) is 122 cm³/mol. The van der Waals surface area contributed by atoms with Gasteiger partial charge in [0, 0.05) is 23.2 Å². The Bertz CT molecular complexity index is 1260. The average molecular weight is 436 g/mol. The van der Waals surface area contributed by atoms with Crippen molar-refractivity contribution < 1.29 is 5.11 Å². The standard InChI is InChI=1S/C23H25N5O2S/c1-15-17(14-28(26-15)13-16-6-3-2-4-7-16)20-12-18-21(31-20)23(30)25-22(24-18)19-8-5-9-27(19)10-11-29/h2-4,6-7,12,14,19,29H,5,8-11,13H2,1H3,(H,24,25,30). The maximum absolute atomic E-state index is 12.8. The van der Waals surface area contributed by atoms with E-state index in [2.05, 4.69) is 27.1 Å². The van der Waals surface area contributed by atoms with Crippen molar-refractivity contribution in [2.24, 2.45) is 0 Å².